The summed E-state index contributed by atoms with van der Waals surface area (Å²) >= 11 is 0. The van der Waals surface area contributed by atoms with Crippen molar-refractivity contribution in [2.75, 3.05) is 5.32 Å². The number of aromatic nitrogens is 2. The first-order valence-electron chi connectivity index (χ1n) is 6.21. The van der Waals surface area contributed by atoms with Crippen LogP contribution >= 0.6 is 0 Å². The molecular weight excluding hydrogens is 238 g/mol. The van der Waals surface area contributed by atoms with E-state index in [9.17, 15) is 0 Å². The fourth-order valence-electron chi connectivity index (χ4n) is 2.08. The van der Waals surface area contributed by atoms with Crippen LogP contribution in [-0.4, -0.2) is 15.3 Å². The van der Waals surface area contributed by atoms with Crippen molar-refractivity contribution < 1.29 is 5.11 Å². The predicted molar refractivity (Wildman–Crippen MR) is 75.8 cm³/mol. The molecule has 0 radical (unpaired) electrons. The highest BCUT2D eigenvalue weighted by Gasteiger charge is 1.99. The van der Waals surface area contributed by atoms with Crippen LogP contribution in [0.25, 0.3) is 10.9 Å². The summed E-state index contributed by atoms with van der Waals surface area (Å²) in [5.41, 5.74) is 4.15. The summed E-state index contributed by atoms with van der Waals surface area (Å²) in [7, 11) is 0. The van der Waals surface area contributed by atoms with Crippen molar-refractivity contribution in [3.05, 3.63) is 59.8 Å². The van der Waals surface area contributed by atoms with Crippen LogP contribution in [0.1, 0.15) is 11.1 Å². The monoisotopic (exact) mass is 253 g/mol. The molecule has 2 aromatic carbocycles. The van der Waals surface area contributed by atoms with Crippen LogP contribution in [0.4, 0.5) is 5.69 Å². The third kappa shape index (κ3) is 2.58. The van der Waals surface area contributed by atoms with E-state index in [4.69, 9.17) is 5.11 Å². The Labute approximate surface area is 111 Å². The molecule has 19 heavy (non-hydrogen) atoms. The summed E-state index contributed by atoms with van der Waals surface area (Å²) in [5.74, 6) is 0. The molecule has 3 aromatic rings. The van der Waals surface area contributed by atoms with E-state index in [1.54, 1.807) is 0 Å². The molecule has 3 N–H and O–H groups in total. The summed E-state index contributed by atoms with van der Waals surface area (Å²) in [6.45, 7) is 0.805. The average Bonchev–Trinajstić information content (AvgIpc) is 2.93. The molecule has 0 spiro atoms. The standard InChI is InChI=1S/C15H15N3O/c19-10-12-2-1-3-14(6-12)16-8-11-4-5-13-9-17-18-15(13)7-11/h1-7,9,16,19H,8,10H2,(H,17,18). The second-order valence-electron chi connectivity index (χ2n) is 4.50. The lowest BCUT2D eigenvalue weighted by atomic mass is 10.1. The second kappa shape index (κ2) is 5.12. The minimum absolute atomic E-state index is 0.0651. The molecule has 0 bridgehead atoms. The Kier molecular flexibility index (Phi) is 3.16. The normalized spacial score (nSPS) is 10.8. The van der Waals surface area contributed by atoms with Crippen LogP contribution in [0.3, 0.4) is 0 Å². The molecule has 0 fully saturated rings. The largest absolute Gasteiger partial charge is 0.392 e. The highest BCUT2D eigenvalue weighted by atomic mass is 16.3. The summed E-state index contributed by atoms with van der Waals surface area (Å²) in [5, 5.41) is 20.5. The van der Waals surface area contributed by atoms with Crippen LogP contribution in [-0.2, 0) is 13.2 Å². The van der Waals surface area contributed by atoms with E-state index >= 15 is 0 Å². The number of benzene rings is 2. The van der Waals surface area contributed by atoms with Gasteiger partial charge in [0.25, 0.3) is 0 Å². The van der Waals surface area contributed by atoms with Crippen molar-refractivity contribution in [1.29, 1.82) is 0 Å². The van der Waals surface area contributed by atoms with Gasteiger partial charge in [0, 0.05) is 17.6 Å². The quantitative estimate of drug-likeness (QED) is 0.670. The maximum atomic E-state index is 9.10. The molecule has 96 valence electrons. The first-order valence-corrected chi connectivity index (χ1v) is 6.21. The zero-order valence-electron chi connectivity index (χ0n) is 10.4. The van der Waals surface area contributed by atoms with Gasteiger partial charge in [-0.05, 0) is 29.3 Å². The number of anilines is 1. The molecule has 0 atom stereocenters. The molecular formula is C15H15N3O. The molecule has 0 aliphatic heterocycles. The van der Waals surface area contributed by atoms with Gasteiger partial charge in [0.2, 0.25) is 0 Å². The number of aliphatic hydroxyl groups excluding tert-OH is 1. The summed E-state index contributed by atoms with van der Waals surface area (Å²) in [6.07, 6.45) is 1.82. The smallest absolute Gasteiger partial charge is 0.0682 e. The van der Waals surface area contributed by atoms with Crippen molar-refractivity contribution >= 4 is 16.6 Å². The van der Waals surface area contributed by atoms with E-state index in [0.717, 1.165) is 28.7 Å². The van der Waals surface area contributed by atoms with Gasteiger partial charge >= 0.3 is 0 Å². The number of nitrogens with one attached hydrogen (secondary N) is 2. The van der Waals surface area contributed by atoms with Gasteiger partial charge in [0.15, 0.2) is 0 Å². The van der Waals surface area contributed by atoms with Gasteiger partial charge in [-0.1, -0.05) is 24.3 Å². The van der Waals surface area contributed by atoms with E-state index < -0.39 is 0 Å². The van der Waals surface area contributed by atoms with E-state index in [2.05, 4.69) is 33.7 Å². The van der Waals surface area contributed by atoms with Gasteiger partial charge in [-0.3, -0.25) is 5.10 Å². The highest BCUT2D eigenvalue weighted by molar-refractivity contribution is 5.78. The third-order valence-electron chi connectivity index (χ3n) is 3.11. The fraction of sp³-hybridized carbons (Fsp3) is 0.133. The highest BCUT2D eigenvalue weighted by Crippen LogP contribution is 2.15. The molecule has 4 nitrogen and oxygen atoms in total. The zero-order valence-corrected chi connectivity index (χ0v) is 10.4. The first-order chi connectivity index (χ1) is 9.35. The Hall–Kier alpha value is -2.33. The minimum Gasteiger partial charge on any atom is -0.392 e. The lowest BCUT2D eigenvalue weighted by Gasteiger charge is -2.08. The van der Waals surface area contributed by atoms with Crippen molar-refractivity contribution in [3.8, 4) is 0 Å². The fourth-order valence-corrected chi connectivity index (χ4v) is 2.08. The van der Waals surface area contributed by atoms with Gasteiger partial charge in [-0.25, -0.2) is 0 Å². The number of fused-ring (bicyclic) bond motifs is 1. The van der Waals surface area contributed by atoms with Gasteiger partial charge in [0.1, 0.15) is 0 Å². The molecule has 0 amide bonds. The summed E-state index contributed by atoms with van der Waals surface area (Å²) in [6, 6.07) is 14.0. The number of H-pyrrole nitrogens is 1. The molecule has 0 aliphatic rings. The van der Waals surface area contributed by atoms with Crippen LogP contribution < -0.4 is 5.32 Å². The van der Waals surface area contributed by atoms with Gasteiger partial charge in [-0.15, -0.1) is 0 Å². The maximum absolute atomic E-state index is 9.10. The number of aromatic amines is 1. The van der Waals surface area contributed by atoms with Gasteiger partial charge in [0.05, 0.1) is 18.3 Å². The number of aliphatic hydroxyl groups is 1. The zero-order chi connectivity index (χ0) is 13.1. The molecule has 0 aliphatic carbocycles. The Balaban J connectivity index is 1.74. The van der Waals surface area contributed by atoms with Crippen LogP contribution in [0, 0.1) is 0 Å². The Morgan fingerprint density at radius 3 is 2.95 bits per heavy atom. The maximum Gasteiger partial charge on any atom is 0.0682 e. The van der Waals surface area contributed by atoms with Crippen LogP contribution in [0.5, 0.6) is 0 Å². The molecule has 1 heterocycles. The topological polar surface area (TPSA) is 60.9 Å². The Morgan fingerprint density at radius 2 is 2.05 bits per heavy atom. The molecule has 0 saturated heterocycles. The SMILES string of the molecule is OCc1cccc(NCc2ccc3cn[nH]c3c2)c1. The molecule has 4 heteroatoms. The van der Waals surface area contributed by atoms with Crippen molar-refractivity contribution in [2.24, 2.45) is 0 Å². The van der Waals surface area contributed by atoms with E-state index in [1.807, 2.05) is 30.5 Å². The molecule has 1 aromatic heterocycles. The van der Waals surface area contributed by atoms with Crippen LogP contribution in [0.2, 0.25) is 0 Å². The van der Waals surface area contributed by atoms with Crippen molar-refractivity contribution in [3.63, 3.8) is 0 Å². The molecule has 0 unspecified atom stereocenters. The summed E-state index contributed by atoms with van der Waals surface area (Å²) < 4.78 is 0. The van der Waals surface area contributed by atoms with E-state index in [1.165, 1.54) is 5.56 Å². The van der Waals surface area contributed by atoms with Gasteiger partial charge < -0.3 is 10.4 Å². The van der Waals surface area contributed by atoms with E-state index in [0.29, 0.717) is 0 Å². The number of rotatable bonds is 4. The van der Waals surface area contributed by atoms with Gasteiger partial charge in [-0.2, -0.15) is 5.10 Å². The number of hydrogen-bond donors (Lipinski definition) is 3. The Bertz CT molecular complexity index is 690. The lowest BCUT2D eigenvalue weighted by Crippen LogP contribution is -1.99. The average molecular weight is 253 g/mol. The molecule has 0 saturated carbocycles. The third-order valence-corrected chi connectivity index (χ3v) is 3.11. The van der Waals surface area contributed by atoms with Crippen LogP contribution in [0.15, 0.2) is 48.7 Å². The predicted octanol–water partition coefficient (Wildman–Crippen LogP) is 2.67. The van der Waals surface area contributed by atoms with Crippen molar-refractivity contribution in [1.82, 2.24) is 10.2 Å². The lowest BCUT2D eigenvalue weighted by molar-refractivity contribution is 0.282. The first kappa shape index (κ1) is 11.7. The number of nitrogens with zero attached hydrogens (tertiary/aromatic N) is 1. The number of hydrogen-bond acceptors (Lipinski definition) is 3. The van der Waals surface area contributed by atoms with E-state index in [-0.39, 0.29) is 6.61 Å². The summed E-state index contributed by atoms with van der Waals surface area (Å²) in [4.78, 5) is 0. The van der Waals surface area contributed by atoms with Crippen molar-refractivity contribution in [2.45, 2.75) is 13.2 Å². The minimum atomic E-state index is 0.0651. The second-order valence-corrected chi connectivity index (χ2v) is 4.50. The molecule has 3 rings (SSSR count). The Morgan fingerprint density at radius 1 is 1.11 bits per heavy atom.